The van der Waals surface area contributed by atoms with E-state index in [1.165, 1.54) is 5.56 Å². The van der Waals surface area contributed by atoms with Crippen molar-refractivity contribution >= 4 is 5.96 Å². The van der Waals surface area contributed by atoms with Crippen molar-refractivity contribution in [3.63, 3.8) is 0 Å². The third-order valence-electron chi connectivity index (χ3n) is 4.95. The number of nitrogens with zero attached hydrogens (tertiary/aromatic N) is 2. The van der Waals surface area contributed by atoms with Crippen molar-refractivity contribution < 1.29 is 13.9 Å². The first kappa shape index (κ1) is 21.2. The molecule has 0 saturated carbocycles. The zero-order valence-corrected chi connectivity index (χ0v) is 17.9. The molecule has 2 heterocycles. The highest BCUT2D eigenvalue weighted by Gasteiger charge is 2.17. The molecule has 0 radical (unpaired) electrons. The summed E-state index contributed by atoms with van der Waals surface area (Å²) < 4.78 is 17.2. The standard InChI is InChI=1S/C22H32N4O3/c1-5-23-22(25-12-21-26-16(3)17(4)29-21)24-11-19-7-6-15(2)10-20(19)28-14-18-8-9-27-13-18/h6-7,10,18H,5,8-9,11-14H2,1-4H3,(H2,23,24,25). The molecule has 1 saturated heterocycles. The summed E-state index contributed by atoms with van der Waals surface area (Å²) in [7, 11) is 0. The van der Waals surface area contributed by atoms with Crippen molar-refractivity contribution in [2.75, 3.05) is 26.4 Å². The third kappa shape index (κ3) is 6.22. The van der Waals surface area contributed by atoms with E-state index in [2.05, 4.69) is 40.7 Å². The highest BCUT2D eigenvalue weighted by Crippen LogP contribution is 2.23. The Kier molecular flexibility index (Phi) is 7.52. The maximum Gasteiger partial charge on any atom is 0.214 e. The fraction of sp³-hybridized carbons (Fsp3) is 0.545. The second kappa shape index (κ2) is 10.3. The van der Waals surface area contributed by atoms with Crippen LogP contribution < -0.4 is 15.4 Å². The Balaban J connectivity index is 1.64. The number of aliphatic imine (C=N–C) groups is 1. The van der Waals surface area contributed by atoms with Crippen LogP contribution in [0.15, 0.2) is 27.6 Å². The maximum atomic E-state index is 6.12. The summed E-state index contributed by atoms with van der Waals surface area (Å²) in [6.07, 6.45) is 1.06. The van der Waals surface area contributed by atoms with Gasteiger partial charge in [-0.25, -0.2) is 9.98 Å². The monoisotopic (exact) mass is 400 g/mol. The van der Waals surface area contributed by atoms with Gasteiger partial charge in [-0.1, -0.05) is 12.1 Å². The van der Waals surface area contributed by atoms with Crippen molar-refractivity contribution in [1.29, 1.82) is 0 Å². The van der Waals surface area contributed by atoms with Crippen LogP contribution in [0.3, 0.4) is 0 Å². The van der Waals surface area contributed by atoms with Gasteiger partial charge in [-0.3, -0.25) is 0 Å². The number of oxazole rings is 1. The van der Waals surface area contributed by atoms with Crippen LogP contribution in [0.5, 0.6) is 5.75 Å². The SMILES string of the molecule is CCNC(=NCc1ccc(C)cc1OCC1CCOC1)NCc1nc(C)c(C)o1. The molecule has 1 fully saturated rings. The fourth-order valence-corrected chi connectivity index (χ4v) is 3.13. The molecule has 0 bridgehead atoms. The molecule has 0 aliphatic carbocycles. The van der Waals surface area contributed by atoms with Crippen LogP contribution in [0.1, 0.15) is 41.8 Å². The second-order valence-electron chi connectivity index (χ2n) is 7.45. The summed E-state index contributed by atoms with van der Waals surface area (Å²) in [5.41, 5.74) is 3.16. The summed E-state index contributed by atoms with van der Waals surface area (Å²) in [5.74, 6) is 3.59. The summed E-state index contributed by atoms with van der Waals surface area (Å²) in [6.45, 7) is 12.1. The molecule has 1 aromatic carbocycles. The molecule has 1 aliphatic rings. The van der Waals surface area contributed by atoms with Crippen molar-refractivity contribution in [3.05, 3.63) is 46.7 Å². The molecular formula is C22H32N4O3. The molecule has 0 amide bonds. The number of aryl methyl sites for hydroxylation is 3. The lowest BCUT2D eigenvalue weighted by atomic mass is 10.1. The molecule has 1 unspecified atom stereocenters. The number of nitrogens with one attached hydrogen (secondary N) is 2. The van der Waals surface area contributed by atoms with Crippen molar-refractivity contribution in [1.82, 2.24) is 15.6 Å². The molecule has 7 nitrogen and oxygen atoms in total. The first-order valence-corrected chi connectivity index (χ1v) is 10.3. The molecule has 2 aromatic rings. The normalized spacial score (nSPS) is 16.8. The molecule has 3 rings (SSSR count). The molecule has 1 atom stereocenters. The first-order chi connectivity index (χ1) is 14.0. The highest BCUT2D eigenvalue weighted by molar-refractivity contribution is 5.79. The van der Waals surface area contributed by atoms with Crippen LogP contribution in [0, 0.1) is 26.7 Å². The van der Waals surface area contributed by atoms with E-state index in [-0.39, 0.29) is 0 Å². The predicted octanol–water partition coefficient (Wildman–Crippen LogP) is 3.27. The lowest BCUT2D eigenvalue weighted by Crippen LogP contribution is -2.36. The Morgan fingerprint density at radius 2 is 2.14 bits per heavy atom. The zero-order chi connectivity index (χ0) is 20.6. The van der Waals surface area contributed by atoms with Gasteiger partial charge >= 0.3 is 0 Å². The Bertz CT molecular complexity index is 806. The number of aromatic nitrogens is 1. The number of benzene rings is 1. The van der Waals surface area contributed by atoms with Gasteiger partial charge in [0.15, 0.2) is 5.96 Å². The molecule has 158 valence electrons. The Hall–Kier alpha value is -2.54. The minimum Gasteiger partial charge on any atom is -0.493 e. The molecule has 1 aliphatic heterocycles. The van der Waals surface area contributed by atoms with Crippen LogP contribution in [0.2, 0.25) is 0 Å². The fourth-order valence-electron chi connectivity index (χ4n) is 3.13. The van der Waals surface area contributed by atoms with Gasteiger partial charge in [0.1, 0.15) is 11.5 Å². The number of ether oxygens (including phenoxy) is 2. The number of guanidine groups is 1. The summed E-state index contributed by atoms with van der Waals surface area (Å²) >= 11 is 0. The van der Waals surface area contributed by atoms with Crippen LogP contribution in [0.4, 0.5) is 0 Å². The summed E-state index contributed by atoms with van der Waals surface area (Å²) in [5, 5.41) is 6.54. The smallest absolute Gasteiger partial charge is 0.214 e. The Morgan fingerprint density at radius 1 is 1.28 bits per heavy atom. The van der Waals surface area contributed by atoms with Crippen LogP contribution >= 0.6 is 0 Å². The van der Waals surface area contributed by atoms with E-state index in [1.807, 2.05) is 20.8 Å². The van der Waals surface area contributed by atoms with E-state index in [0.29, 0.717) is 31.5 Å². The Labute approximate surface area is 172 Å². The van der Waals surface area contributed by atoms with E-state index in [0.717, 1.165) is 54.9 Å². The largest absolute Gasteiger partial charge is 0.493 e. The average Bonchev–Trinajstić information content (AvgIpc) is 3.33. The minimum atomic E-state index is 0.471. The Morgan fingerprint density at radius 3 is 2.83 bits per heavy atom. The molecule has 2 N–H and O–H groups in total. The van der Waals surface area contributed by atoms with Gasteiger partial charge < -0.3 is 24.5 Å². The second-order valence-corrected chi connectivity index (χ2v) is 7.45. The average molecular weight is 401 g/mol. The van der Waals surface area contributed by atoms with Crippen molar-refractivity contribution in [2.45, 2.75) is 47.2 Å². The number of rotatable bonds is 8. The van der Waals surface area contributed by atoms with Crippen molar-refractivity contribution in [2.24, 2.45) is 10.9 Å². The van der Waals surface area contributed by atoms with Gasteiger partial charge in [-0.05, 0) is 45.7 Å². The summed E-state index contributed by atoms with van der Waals surface area (Å²) in [6, 6.07) is 6.26. The number of hydrogen-bond donors (Lipinski definition) is 2. The van der Waals surface area contributed by atoms with Gasteiger partial charge in [-0.2, -0.15) is 0 Å². The lowest BCUT2D eigenvalue weighted by Gasteiger charge is -2.15. The molecule has 7 heteroatoms. The zero-order valence-electron chi connectivity index (χ0n) is 17.9. The van der Waals surface area contributed by atoms with E-state index in [4.69, 9.17) is 18.9 Å². The van der Waals surface area contributed by atoms with Gasteiger partial charge in [0.05, 0.1) is 32.0 Å². The molecule has 29 heavy (non-hydrogen) atoms. The van der Waals surface area contributed by atoms with E-state index in [9.17, 15) is 0 Å². The van der Waals surface area contributed by atoms with Gasteiger partial charge in [0, 0.05) is 24.6 Å². The third-order valence-corrected chi connectivity index (χ3v) is 4.95. The van der Waals surface area contributed by atoms with E-state index >= 15 is 0 Å². The van der Waals surface area contributed by atoms with Gasteiger partial charge in [0.2, 0.25) is 5.89 Å². The van der Waals surface area contributed by atoms with Crippen molar-refractivity contribution in [3.8, 4) is 5.75 Å². The van der Waals surface area contributed by atoms with Gasteiger partial charge in [0.25, 0.3) is 0 Å². The summed E-state index contributed by atoms with van der Waals surface area (Å²) in [4.78, 5) is 9.12. The van der Waals surface area contributed by atoms with E-state index in [1.54, 1.807) is 0 Å². The maximum absolute atomic E-state index is 6.12. The van der Waals surface area contributed by atoms with Gasteiger partial charge in [-0.15, -0.1) is 0 Å². The van der Waals surface area contributed by atoms with Crippen LogP contribution in [-0.2, 0) is 17.8 Å². The molecule has 0 spiro atoms. The number of hydrogen-bond acceptors (Lipinski definition) is 5. The quantitative estimate of drug-likeness (QED) is 0.523. The first-order valence-electron chi connectivity index (χ1n) is 10.3. The molecule has 1 aromatic heterocycles. The van der Waals surface area contributed by atoms with Crippen LogP contribution in [0.25, 0.3) is 0 Å². The van der Waals surface area contributed by atoms with E-state index < -0.39 is 0 Å². The topological polar surface area (TPSA) is 80.9 Å². The van der Waals surface area contributed by atoms with Crippen LogP contribution in [-0.4, -0.2) is 37.3 Å². The predicted molar refractivity (Wildman–Crippen MR) is 113 cm³/mol. The lowest BCUT2D eigenvalue weighted by molar-refractivity contribution is 0.166. The highest BCUT2D eigenvalue weighted by atomic mass is 16.5. The minimum absolute atomic E-state index is 0.471. The molecular weight excluding hydrogens is 368 g/mol.